The number of carbonyl (C=O) groups excluding carboxylic acids is 2. The van der Waals surface area contributed by atoms with Crippen LogP contribution >= 0.6 is 0 Å². The summed E-state index contributed by atoms with van der Waals surface area (Å²) < 4.78 is 17.7. The van der Waals surface area contributed by atoms with Crippen LogP contribution in [0.5, 0.6) is 11.5 Å². The molecule has 0 fully saturated rings. The molecule has 0 saturated heterocycles. The lowest BCUT2D eigenvalue weighted by Crippen LogP contribution is -2.26. The largest absolute Gasteiger partial charge is 0.490 e. The van der Waals surface area contributed by atoms with Gasteiger partial charge in [0, 0.05) is 12.6 Å². The quantitative estimate of drug-likeness (QED) is 0.559. The number of hydrogen-bond donors (Lipinski definition) is 2. The summed E-state index contributed by atoms with van der Waals surface area (Å²) in [5, 5.41) is 9.58. The van der Waals surface area contributed by atoms with Crippen LogP contribution in [-0.4, -0.2) is 34.8 Å². The van der Waals surface area contributed by atoms with Gasteiger partial charge in [0.2, 0.25) is 0 Å². The van der Waals surface area contributed by atoms with E-state index >= 15 is 0 Å². The Bertz CT molecular complexity index is 1010. The van der Waals surface area contributed by atoms with E-state index in [1.54, 1.807) is 37.4 Å². The second kappa shape index (κ2) is 9.64. The van der Waals surface area contributed by atoms with Crippen molar-refractivity contribution >= 4 is 17.5 Å². The van der Waals surface area contributed by atoms with Crippen molar-refractivity contribution in [2.45, 2.75) is 20.4 Å². The molecule has 158 valence electrons. The number of rotatable bonds is 9. The van der Waals surface area contributed by atoms with Gasteiger partial charge in [0.05, 0.1) is 37.9 Å². The van der Waals surface area contributed by atoms with Crippen molar-refractivity contribution < 1.29 is 23.5 Å². The first-order valence-corrected chi connectivity index (χ1v) is 9.57. The predicted octanol–water partition coefficient (Wildman–Crippen LogP) is 2.99. The normalized spacial score (nSPS) is 10.5. The molecule has 0 atom stereocenters. The molecule has 2 heterocycles. The Balaban J connectivity index is 1.75. The molecule has 2 amide bonds. The Kier molecular flexibility index (Phi) is 6.74. The standard InChI is InChI=1S/C21H24N4O5/c1-4-28-17-9-8-14(11-18(17)29-5-2)20(26)24-16-13-23-25(3)19(16)21(27)22-12-15-7-6-10-30-15/h6-11,13H,4-5,12H2,1-3H3,(H,22,27)(H,24,26). The number of anilines is 1. The molecule has 0 bridgehead atoms. The van der Waals surface area contributed by atoms with E-state index in [-0.39, 0.29) is 18.1 Å². The number of aromatic nitrogens is 2. The second-order valence-electron chi connectivity index (χ2n) is 6.27. The summed E-state index contributed by atoms with van der Waals surface area (Å²) in [7, 11) is 1.63. The predicted molar refractivity (Wildman–Crippen MR) is 110 cm³/mol. The molecule has 0 unspecified atom stereocenters. The number of amides is 2. The minimum atomic E-state index is -0.396. The van der Waals surface area contributed by atoms with Crippen LogP contribution in [-0.2, 0) is 13.6 Å². The minimum Gasteiger partial charge on any atom is -0.490 e. The number of aryl methyl sites for hydroxylation is 1. The van der Waals surface area contributed by atoms with Gasteiger partial charge in [-0.2, -0.15) is 5.10 Å². The summed E-state index contributed by atoms with van der Waals surface area (Å²) >= 11 is 0. The van der Waals surface area contributed by atoms with Crippen molar-refractivity contribution in [2.75, 3.05) is 18.5 Å². The summed E-state index contributed by atoms with van der Waals surface area (Å²) in [6.07, 6.45) is 2.96. The van der Waals surface area contributed by atoms with Crippen molar-refractivity contribution in [1.29, 1.82) is 0 Å². The fraction of sp³-hybridized carbons (Fsp3) is 0.286. The zero-order chi connectivity index (χ0) is 21.5. The molecule has 2 N–H and O–H groups in total. The second-order valence-corrected chi connectivity index (χ2v) is 6.27. The maximum absolute atomic E-state index is 12.8. The third kappa shape index (κ3) is 4.80. The van der Waals surface area contributed by atoms with E-state index in [0.29, 0.717) is 41.7 Å². The van der Waals surface area contributed by atoms with Crippen LogP contribution < -0.4 is 20.1 Å². The highest BCUT2D eigenvalue weighted by Gasteiger charge is 2.20. The number of hydrogen-bond acceptors (Lipinski definition) is 6. The monoisotopic (exact) mass is 412 g/mol. The number of ether oxygens (including phenoxy) is 2. The summed E-state index contributed by atoms with van der Waals surface area (Å²) in [6.45, 7) is 4.87. The number of furan rings is 1. The molecule has 0 aliphatic heterocycles. The summed E-state index contributed by atoms with van der Waals surface area (Å²) in [4.78, 5) is 25.4. The van der Waals surface area contributed by atoms with Crippen LogP contribution in [0.3, 0.4) is 0 Å². The van der Waals surface area contributed by atoms with E-state index in [9.17, 15) is 9.59 Å². The van der Waals surface area contributed by atoms with Gasteiger partial charge in [0.1, 0.15) is 11.5 Å². The van der Waals surface area contributed by atoms with Gasteiger partial charge in [0.15, 0.2) is 11.5 Å². The third-order valence-electron chi connectivity index (χ3n) is 4.21. The zero-order valence-electron chi connectivity index (χ0n) is 17.1. The van der Waals surface area contributed by atoms with Gasteiger partial charge in [0.25, 0.3) is 11.8 Å². The average molecular weight is 412 g/mol. The Labute approximate surface area is 174 Å². The van der Waals surface area contributed by atoms with Crippen LogP contribution in [0.1, 0.15) is 40.5 Å². The molecule has 0 radical (unpaired) electrons. The van der Waals surface area contributed by atoms with Gasteiger partial charge >= 0.3 is 0 Å². The highest BCUT2D eigenvalue weighted by atomic mass is 16.5. The van der Waals surface area contributed by atoms with Crippen LogP contribution in [0.15, 0.2) is 47.2 Å². The smallest absolute Gasteiger partial charge is 0.272 e. The number of nitrogens with one attached hydrogen (secondary N) is 2. The average Bonchev–Trinajstić information content (AvgIpc) is 3.37. The number of benzene rings is 1. The molecule has 30 heavy (non-hydrogen) atoms. The minimum absolute atomic E-state index is 0.223. The molecule has 9 heteroatoms. The highest BCUT2D eigenvalue weighted by Crippen LogP contribution is 2.29. The Morgan fingerprint density at radius 2 is 1.87 bits per heavy atom. The Hall–Kier alpha value is -3.75. The van der Waals surface area contributed by atoms with Crippen molar-refractivity contribution in [2.24, 2.45) is 7.05 Å². The molecule has 0 spiro atoms. The Morgan fingerprint density at radius 1 is 1.10 bits per heavy atom. The van der Waals surface area contributed by atoms with Gasteiger partial charge in [-0.25, -0.2) is 0 Å². The van der Waals surface area contributed by atoms with Crippen molar-refractivity contribution in [3.05, 3.63) is 59.8 Å². The third-order valence-corrected chi connectivity index (χ3v) is 4.21. The lowest BCUT2D eigenvalue weighted by molar-refractivity contribution is 0.0939. The van der Waals surface area contributed by atoms with Gasteiger partial charge in [-0.3, -0.25) is 14.3 Å². The maximum Gasteiger partial charge on any atom is 0.272 e. The molecular formula is C21H24N4O5. The fourth-order valence-corrected chi connectivity index (χ4v) is 2.85. The van der Waals surface area contributed by atoms with E-state index in [2.05, 4.69) is 15.7 Å². The number of carbonyl (C=O) groups is 2. The van der Waals surface area contributed by atoms with Crippen LogP contribution in [0, 0.1) is 0 Å². The SMILES string of the molecule is CCOc1ccc(C(=O)Nc2cnn(C)c2C(=O)NCc2ccco2)cc1OCC. The lowest BCUT2D eigenvalue weighted by Gasteiger charge is -2.13. The van der Waals surface area contributed by atoms with Crippen LogP contribution in [0.2, 0.25) is 0 Å². The maximum atomic E-state index is 12.8. The van der Waals surface area contributed by atoms with Gasteiger partial charge in [-0.15, -0.1) is 0 Å². The molecule has 3 aromatic rings. The molecule has 3 rings (SSSR count). The van der Waals surface area contributed by atoms with Crippen molar-refractivity contribution in [1.82, 2.24) is 15.1 Å². The molecule has 0 aliphatic rings. The van der Waals surface area contributed by atoms with Gasteiger partial charge in [-0.05, 0) is 44.2 Å². The summed E-state index contributed by atoms with van der Waals surface area (Å²) in [6, 6.07) is 8.43. The molecule has 1 aromatic carbocycles. The topological polar surface area (TPSA) is 108 Å². The van der Waals surface area contributed by atoms with Crippen LogP contribution in [0.4, 0.5) is 5.69 Å². The van der Waals surface area contributed by atoms with E-state index in [1.165, 1.54) is 17.1 Å². The molecule has 2 aromatic heterocycles. The summed E-state index contributed by atoms with van der Waals surface area (Å²) in [5.41, 5.74) is 0.893. The highest BCUT2D eigenvalue weighted by molar-refractivity contribution is 6.08. The zero-order valence-corrected chi connectivity index (χ0v) is 17.1. The summed E-state index contributed by atoms with van der Waals surface area (Å²) in [5.74, 6) is 0.884. The molecule has 0 aliphatic carbocycles. The first-order chi connectivity index (χ1) is 14.5. The molecule has 9 nitrogen and oxygen atoms in total. The molecule has 0 saturated carbocycles. The first-order valence-electron chi connectivity index (χ1n) is 9.57. The number of nitrogens with zero attached hydrogens (tertiary/aromatic N) is 2. The lowest BCUT2D eigenvalue weighted by atomic mass is 10.2. The van der Waals surface area contributed by atoms with Gasteiger partial charge < -0.3 is 24.5 Å². The van der Waals surface area contributed by atoms with Crippen LogP contribution in [0.25, 0.3) is 0 Å². The van der Waals surface area contributed by atoms with Crippen molar-refractivity contribution in [3.8, 4) is 11.5 Å². The van der Waals surface area contributed by atoms with E-state index in [1.807, 2.05) is 13.8 Å². The van der Waals surface area contributed by atoms with E-state index in [0.717, 1.165) is 0 Å². The van der Waals surface area contributed by atoms with E-state index < -0.39 is 5.91 Å². The first kappa shape index (κ1) is 21.0. The van der Waals surface area contributed by atoms with E-state index in [4.69, 9.17) is 13.9 Å². The molecular weight excluding hydrogens is 388 g/mol. The van der Waals surface area contributed by atoms with Gasteiger partial charge in [-0.1, -0.05) is 0 Å². The van der Waals surface area contributed by atoms with Crippen molar-refractivity contribution in [3.63, 3.8) is 0 Å². The Morgan fingerprint density at radius 3 is 2.57 bits per heavy atom. The fourth-order valence-electron chi connectivity index (χ4n) is 2.85.